The Morgan fingerprint density at radius 1 is 1.15 bits per heavy atom. The van der Waals surface area contributed by atoms with Crippen molar-refractivity contribution in [2.45, 2.75) is 32.1 Å². The highest BCUT2D eigenvalue weighted by Gasteiger charge is 2.37. The summed E-state index contributed by atoms with van der Waals surface area (Å²) >= 11 is 0. The number of nitrogens with two attached hydrogens (primary N) is 1. The number of likely N-dealkylation sites (N-methyl/N-ethyl adjacent to an activating group) is 1. The lowest BCUT2D eigenvalue weighted by molar-refractivity contribution is -0.137. The molecule has 1 saturated heterocycles. The first-order valence-electron chi connectivity index (χ1n) is 6.63. The molecule has 1 heterocycles. The predicted molar refractivity (Wildman–Crippen MR) is 74.8 cm³/mol. The third kappa shape index (κ3) is 2.85. The van der Waals surface area contributed by atoms with Crippen LogP contribution < -0.4 is 10.6 Å². The van der Waals surface area contributed by atoms with Crippen LogP contribution in [0.15, 0.2) is 18.2 Å². The number of alkyl halides is 3. The second kappa shape index (κ2) is 5.16. The van der Waals surface area contributed by atoms with Gasteiger partial charge in [0.1, 0.15) is 0 Å². The zero-order valence-electron chi connectivity index (χ0n) is 11.9. The van der Waals surface area contributed by atoms with Crippen LogP contribution in [0.2, 0.25) is 0 Å². The monoisotopic (exact) mass is 287 g/mol. The number of benzene rings is 1. The number of nitrogens with zero attached hydrogens (tertiary/aromatic N) is 2. The number of piperazine rings is 1. The molecule has 0 saturated carbocycles. The molecule has 2 atom stereocenters. The molecular formula is C14H20F3N3. The van der Waals surface area contributed by atoms with Gasteiger partial charge >= 0.3 is 6.18 Å². The highest BCUT2D eigenvalue weighted by Crippen LogP contribution is 2.39. The van der Waals surface area contributed by atoms with Gasteiger partial charge in [-0.25, -0.2) is 0 Å². The van der Waals surface area contributed by atoms with Gasteiger partial charge in [-0.2, -0.15) is 13.2 Å². The first kappa shape index (κ1) is 15.0. The average molecular weight is 287 g/mol. The maximum absolute atomic E-state index is 13.2. The largest absolute Gasteiger partial charge is 0.418 e. The van der Waals surface area contributed by atoms with Crippen LogP contribution in [0.1, 0.15) is 19.4 Å². The van der Waals surface area contributed by atoms with E-state index in [9.17, 15) is 13.2 Å². The Morgan fingerprint density at radius 2 is 1.80 bits per heavy atom. The van der Waals surface area contributed by atoms with E-state index in [1.807, 2.05) is 25.8 Å². The minimum absolute atomic E-state index is 0.0286. The smallest absolute Gasteiger partial charge is 0.399 e. The summed E-state index contributed by atoms with van der Waals surface area (Å²) in [4.78, 5) is 3.98. The number of halogens is 3. The van der Waals surface area contributed by atoms with E-state index in [1.54, 1.807) is 0 Å². The van der Waals surface area contributed by atoms with Crippen molar-refractivity contribution >= 4 is 11.4 Å². The zero-order valence-corrected chi connectivity index (χ0v) is 11.9. The lowest BCUT2D eigenvalue weighted by Crippen LogP contribution is -2.55. The molecule has 0 aromatic heterocycles. The minimum Gasteiger partial charge on any atom is -0.399 e. The Kier molecular flexibility index (Phi) is 3.86. The van der Waals surface area contributed by atoms with Crippen molar-refractivity contribution in [3.8, 4) is 0 Å². The van der Waals surface area contributed by atoms with Crippen LogP contribution in [0.3, 0.4) is 0 Å². The van der Waals surface area contributed by atoms with E-state index in [0.717, 1.165) is 12.6 Å². The van der Waals surface area contributed by atoms with Crippen molar-refractivity contribution in [2.75, 3.05) is 30.8 Å². The molecule has 1 aromatic rings. The van der Waals surface area contributed by atoms with Crippen molar-refractivity contribution < 1.29 is 13.2 Å². The van der Waals surface area contributed by atoms with Crippen LogP contribution in [0.25, 0.3) is 0 Å². The van der Waals surface area contributed by atoms with Crippen molar-refractivity contribution in [2.24, 2.45) is 0 Å². The normalized spacial score (nSPS) is 25.0. The SMILES string of the molecule is C[C@@H]1CN(C)[C@@H](C)CN1c1ccc(N)cc1C(F)(F)F. The van der Waals surface area contributed by atoms with Crippen molar-refractivity contribution in [3.63, 3.8) is 0 Å². The summed E-state index contributed by atoms with van der Waals surface area (Å²) in [5, 5.41) is 0. The van der Waals surface area contributed by atoms with Gasteiger partial charge in [0.05, 0.1) is 5.56 Å². The Morgan fingerprint density at radius 3 is 2.40 bits per heavy atom. The number of nitrogen functional groups attached to an aromatic ring is 1. The molecular weight excluding hydrogens is 267 g/mol. The number of hydrogen-bond donors (Lipinski definition) is 1. The summed E-state index contributed by atoms with van der Waals surface area (Å²) in [5.41, 5.74) is 5.22. The Hall–Kier alpha value is -1.43. The predicted octanol–water partition coefficient (Wildman–Crippen LogP) is 2.82. The summed E-state index contributed by atoms with van der Waals surface area (Å²) in [7, 11) is 1.99. The van der Waals surface area contributed by atoms with Gasteiger partial charge in [-0.3, -0.25) is 4.90 Å². The van der Waals surface area contributed by atoms with Gasteiger partial charge in [0.2, 0.25) is 0 Å². The topological polar surface area (TPSA) is 32.5 Å². The maximum atomic E-state index is 13.2. The van der Waals surface area contributed by atoms with Gasteiger partial charge in [-0.1, -0.05) is 0 Å². The van der Waals surface area contributed by atoms with Gasteiger partial charge < -0.3 is 10.6 Å². The second-order valence-corrected chi connectivity index (χ2v) is 5.56. The van der Waals surface area contributed by atoms with E-state index in [4.69, 9.17) is 5.73 Å². The summed E-state index contributed by atoms with van der Waals surface area (Å²) in [6, 6.07) is 4.27. The van der Waals surface area contributed by atoms with Crippen LogP contribution in [0, 0.1) is 0 Å². The van der Waals surface area contributed by atoms with E-state index in [0.29, 0.717) is 6.54 Å². The molecule has 112 valence electrons. The summed E-state index contributed by atoms with van der Waals surface area (Å²) in [6.45, 7) is 5.27. The van der Waals surface area contributed by atoms with E-state index < -0.39 is 11.7 Å². The maximum Gasteiger partial charge on any atom is 0.418 e. The summed E-state index contributed by atoms with van der Waals surface area (Å²) in [6.07, 6.45) is -4.39. The lowest BCUT2D eigenvalue weighted by atomic mass is 10.0. The Labute approximate surface area is 117 Å². The molecule has 0 spiro atoms. The first-order valence-corrected chi connectivity index (χ1v) is 6.63. The van der Waals surface area contributed by atoms with Gasteiger partial charge in [0.25, 0.3) is 0 Å². The molecule has 1 aromatic carbocycles. The number of hydrogen-bond acceptors (Lipinski definition) is 3. The molecule has 1 aliphatic heterocycles. The first-order chi connectivity index (χ1) is 9.20. The van der Waals surface area contributed by atoms with Crippen LogP contribution in [0.5, 0.6) is 0 Å². The molecule has 0 aliphatic carbocycles. The third-order valence-corrected chi connectivity index (χ3v) is 3.93. The summed E-state index contributed by atoms with van der Waals surface area (Å²) in [5.74, 6) is 0. The highest BCUT2D eigenvalue weighted by molar-refractivity contribution is 5.61. The second-order valence-electron chi connectivity index (χ2n) is 5.56. The van der Waals surface area contributed by atoms with Crippen LogP contribution in [-0.4, -0.2) is 37.1 Å². The fourth-order valence-corrected chi connectivity index (χ4v) is 2.67. The Balaban J connectivity index is 2.42. The third-order valence-electron chi connectivity index (χ3n) is 3.93. The quantitative estimate of drug-likeness (QED) is 0.806. The van der Waals surface area contributed by atoms with Crippen LogP contribution in [0.4, 0.5) is 24.5 Å². The van der Waals surface area contributed by atoms with Gasteiger partial charge in [-0.05, 0) is 39.1 Å². The van der Waals surface area contributed by atoms with Crippen molar-refractivity contribution in [3.05, 3.63) is 23.8 Å². The zero-order chi connectivity index (χ0) is 15.1. The number of rotatable bonds is 1. The lowest BCUT2D eigenvalue weighted by Gasteiger charge is -2.44. The molecule has 2 rings (SSSR count). The molecule has 0 bridgehead atoms. The van der Waals surface area contributed by atoms with E-state index in [2.05, 4.69) is 4.90 Å². The fraction of sp³-hybridized carbons (Fsp3) is 0.571. The molecule has 1 fully saturated rings. The molecule has 6 heteroatoms. The standard InChI is InChI=1S/C14H20F3N3/c1-9-8-20(10(2)7-19(9)3)13-5-4-11(18)6-12(13)14(15,16)17/h4-6,9-10H,7-8,18H2,1-3H3/t9-,10+/m0/s1. The minimum atomic E-state index is -4.39. The molecule has 1 aliphatic rings. The van der Waals surface area contributed by atoms with Gasteiger partial charge in [-0.15, -0.1) is 0 Å². The van der Waals surface area contributed by atoms with Gasteiger partial charge in [0, 0.05) is 36.5 Å². The van der Waals surface area contributed by atoms with E-state index in [1.165, 1.54) is 12.1 Å². The van der Waals surface area contributed by atoms with Crippen molar-refractivity contribution in [1.29, 1.82) is 0 Å². The number of anilines is 2. The Bertz CT molecular complexity index is 487. The van der Waals surface area contributed by atoms with E-state index in [-0.39, 0.29) is 23.5 Å². The highest BCUT2D eigenvalue weighted by atomic mass is 19.4. The van der Waals surface area contributed by atoms with Crippen LogP contribution >= 0.6 is 0 Å². The molecule has 0 amide bonds. The molecule has 0 unspecified atom stereocenters. The van der Waals surface area contributed by atoms with Crippen molar-refractivity contribution in [1.82, 2.24) is 4.90 Å². The summed E-state index contributed by atoms with van der Waals surface area (Å²) < 4.78 is 39.6. The molecule has 3 nitrogen and oxygen atoms in total. The van der Waals surface area contributed by atoms with E-state index >= 15 is 0 Å². The fourth-order valence-electron chi connectivity index (χ4n) is 2.67. The molecule has 2 N–H and O–H groups in total. The molecule has 20 heavy (non-hydrogen) atoms. The van der Waals surface area contributed by atoms with Gasteiger partial charge in [0.15, 0.2) is 0 Å². The molecule has 0 radical (unpaired) electrons. The van der Waals surface area contributed by atoms with Crippen LogP contribution in [-0.2, 0) is 6.18 Å². The average Bonchev–Trinajstić information content (AvgIpc) is 2.33.